The lowest BCUT2D eigenvalue weighted by Crippen LogP contribution is -2.21. The maximum absolute atomic E-state index is 13.0. The van der Waals surface area contributed by atoms with Gasteiger partial charge in [0.05, 0.1) is 27.9 Å². The maximum Gasteiger partial charge on any atom is 0.416 e. The number of aliphatic imine (C=N–C) groups is 1. The summed E-state index contributed by atoms with van der Waals surface area (Å²) in [7, 11) is 1.76. The molecule has 3 rings (SSSR count). The lowest BCUT2D eigenvalue weighted by molar-refractivity contribution is -0.137. The van der Waals surface area contributed by atoms with Crippen LogP contribution in [0, 0.1) is 0 Å². The second kappa shape index (κ2) is 7.33. The molecule has 1 aliphatic rings. The number of benzodiazepines with no additional fused rings is 1. The first kappa shape index (κ1) is 18.8. The second-order valence-electron chi connectivity index (χ2n) is 5.93. The summed E-state index contributed by atoms with van der Waals surface area (Å²) in [5.74, 6) is 0. The van der Waals surface area contributed by atoms with Gasteiger partial charge in [-0.25, -0.2) is 0 Å². The van der Waals surface area contributed by atoms with Gasteiger partial charge in [-0.1, -0.05) is 41.4 Å². The molecular formula is C19H15Cl2F3N2. The van der Waals surface area contributed by atoms with Gasteiger partial charge in [0.1, 0.15) is 0 Å². The maximum atomic E-state index is 13.0. The van der Waals surface area contributed by atoms with E-state index >= 15 is 0 Å². The molecular weight excluding hydrogens is 384 g/mol. The van der Waals surface area contributed by atoms with Crippen LogP contribution >= 0.6 is 23.2 Å². The Hall–Kier alpha value is -1.98. The van der Waals surface area contributed by atoms with Crippen molar-refractivity contribution in [1.29, 1.82) is 0 Å². The molecule has 0 N–H and O–H groups in total. The highest BCUT2D eigenvalue weighted by Crippen LogP contribution is 2.34. The predicted octanol–water partition coefficient (Wildman–Crippen LogP) is 5.96. The number of likely N-dealkylation sites (N-methyl/N-ethyl adjacent to an activating group) is 1. The number of alkyl halides is 3. The average molecular weight is 399 g/mol. The van der Waals surface area contributed by atoms with E-state index in [1.807, 2.05) is 12.1 Å². The van der Waals surface area contributed by atoms with Crippen LogP contribution in [0.15, 0.2) is 47.5 Å². The molecule has 1 heterocycles. The van der Waals surface area contributed by atoms with Gasteiger partial charge in [-0.15, -0.1) is 0 Å². The lowest BCUT2D eigenvalue weighted by atomic mass is 10.0. The molecule has 2 aromatic carbocycles. The van der Waals surface area contributed by atoms with E-state index in [1.54, 1.807) is 30.2 Å². The molecule has 26 heavy (non-hydrogen) atoms. The van der Waals surface area contributed by atoms with E-state index in [0.717, 1.165) is 11.6 Å². The molecule has 0 aliphatic carbocycles. The second-order valence-corrected chi connectivity index (χ2v) is 6.74. The first-order valence-electron chi connectivity index (χ1n) is 7.86. The summed E-state index contributed by atoms with van der Waals surface area (Å²) >= 11 is 11.9. The van der Waals surface area contributed by atoms with Gasteiger partial charge in [-0.05, 0) is 35.9 Å². The fourth-order valence-corrected chi connectivity index (χ4v) is 3.01. The van der Waals surface area contributed by atoms with E-state index in [1.165, 1.54) is 12.1 Å². The standard InChI is InChI=1S/C19H15Cl2F3N2/c1-26-9-8-25-17(7-3-12-2-6-15(20)16(21)10-12)14-5-4-13(11-18(14)26)19(22,23)24/h2-7,10-11H,8-9H2,1H3/b7-3+. The number of allylic oxidation sites excluding steroid dienone is 1. The van der Waals surface area contributed by atoms with Crippen LogP contribution in [-0.4, -0.2) is 25.8 Å². The van der Waals surface area contributed by atoms with Crippen LogP contribution in [0.3, 0.4) is 0 Å². The largest absolute Gasteiger partial charge is 0.416 e. The van der Waals surface area contributed by atoms with Crippen molar-refractivity contribution < 1.29 is 13.2 Å². The fourth-order valence-electron chi connectivity index (χ4n) is 2.70. The van der Waals surface area contributed by atoms with Crippen LogP contribution in [0.5, 0.6) is 0 Å². The van der Waals surface area contributed by atoms with Gasteiger partial charge < -0.3 is 4.90 Å². The minimum Gasteiger partial charge on any atom is -0.372 e. The molecule has 0 atom stereocenters. The van der Waals surface area contributed by atoms with Crippen molar-refractivity contribution in [3.05, 3.63) is 69.2 Å². The predicted molar refractivity (Wildman–Crippen MR) is 102 cm³/mol. The molecule has 0 spiro atoms. The quantitative estimate of drug-likeness (QED) is 0.608. The molecule has 0 aromatic heterocycles. The van der Waals surface area contributed by atoms with Crippen LogP contribution < -0.4 is 4.90 Å². The van der Waals surface area contributed by atoms with Crippen LogP contribution in [0.2, 0.25) is 10.0 Å². The first-order chi connectivity index (χ1) is 12.3. The van der Waals surface area contributed by atoms with Gasteiger partial charge in [0.2, 0.25) is 0 Å². The van der Waals surface area contributed by atoms with Crippen molar-refractivity contribution in [1.82, 2.24) is 0 Å². The van der Waals surface area contributed by atoms with Gasteiger partial charge in [0.15, 0.2) is 0 Å². The third kappa shape index (κ3) is 4.05. The molecule has 2 nitrogen and oxygen atoms in total. The van der Waals surface area contributed by atoms with Gasteiger partial charge in [0, 0.05) is 24.8 Å². The van der Waals surface area contributed by atoms with Crippen LogP contribution in [0.1, 0.15) is 16.7 Å². The number of rotatable bonds is 2. The molecule has 0 saturated carbocycles. The normalized spacial score (nSPS) is 15.0. The summed E-state index contributed by atoms with van der Waals surface area (Å²) in [6.45, 7) is 1.03. The number of hydrogen-bond acceptors (Lipinski definition) is 2. The van der Waals surface area contributed by atoms with Crippen LogP contribution in [0.25, 0.3) is 6.08 Å². The molecule has 0 fully saturated rings. The van der Waals surface area contributed by atoms with Gasteiger partial charge in [0.25, 0.3) is 0 Å². The minimum atomic E-state index is -4.38. The molecule has 136 valence electrons. The topological polar surface area (TPSA) is 15.6 Å². The van der Waals surface area contributed by atoms with Gasteiger partial charge in [-0.2, -0.15) is 13.2 Å². The van der Waals surface area contributed by atoms with Crippen molar-refractivity contribution in [2.45, 2.75) is 6.18 Å². The summed E-state index contributed by atoms with van der Waals surface area (Å²) in [4.78, 5) is 6.30. The highest BCUT2D eigenvalue weighted by atomic mass is 35.5. The number of halogens is 5. The van der Waals surface area contributed by atoms with E-state index in [4.69, 9.17) is 23.2 Å². The van der Waals surface area contributed by atoms with Crippen molar-refractivity contribution in [2.75, 3.05) is 25.0 Å². The van der Waals surface area contributed by atoms with E-state index in [0.29, 0.717) is 40.1 Å². The van der Waals surface area contributed by atoms with E-state index in [2.05, 4.69) is 4.99 Å². The summed E-state index contributed by atoms with van der Waals surface area (Å²) in [5, 5.41) is 0.897. The molecule has 0 saturated heterocycles. The molecule has 1 aliphatic heterocycles. The Bertz CT molecular complexity index is 889. The summed E-state index contributed by atoms with van der Waals surface area (Å²) in [6.07, 6.45) is -0.784. The van der Waals surface area contributed by atoms with E-state index in [9.17, 15) is 13.2 Å². The molecule has 2 aromatic rings. The highest BCUT2D eigenvalue weighted by molar-refractivity contribution is 6.42. The zero-order valence-electron chi connectivity index (χ0n) is 13.8. The van der Waals surface area contributed by atoms with Crippen molar-refractivity contribution in [3.63, 3.8) is 0 Å². The Morgan fingerprint density at radius 1 is 1.04 bits per heavy atom. The third-order valence-corrected chi connectivity index (χ3v) is 4.85. The van der Waals surface area contributed by atoms with E-state index in [-0.39, 0.29) is 0 Å². The Kier molecular flexibility index (Phi) is 5.30. The summed E-state index contributed by atoms with van der Waals surface area (Å²) in [6, 6.07) is 8.94. The fraction of sp³-hybridized carbons (Fsp3) is 0.211. The average Bonchev–Trinajstić information content (AvgIpc) is 2.74. The molecule has 0 bridgehead atoms. The molecule has 7 heteroatoms. The minimum absolute atomic E-state index is 0.437. The molecule has 0 radical (unpaired) electrons. The highest BCUT2D eigenvalue weighted by Gasteiger charge is 2.32. The first-order valence-corrected chi connectivity index (χ1v) is 8.61. The number of hydrogen-bond donors (Lipinski definition) is 0. The van der Waals surface area contributed by atoms with Crippen molar-refractivity contribution >= 4 is 40.7 Å². The number of anilines is 1. The monoisotopic (exact) mass is 398 g/mol. The smallest absolute Gasteiger partial charge is 0.372 e. The number of benzene rings is 2. The van der Waals surface area contributed by atoms with Gasteiger partial charge in [-0.3, -0.25) is 4.99 Å². The van der Waals surface area contributed by atoms with Crippen LogP contribution in [0.4, 0.5) is 18.9 Å². The Morgan fingerprint density at radius 3 is 2.50 bits per heavy atom. The lowest BCUT2D eigenvalue weighted by Gasteiger charge is -2.20. The Labute approximate surface area is 159 Å². The van der Waals surface area contributed by atoms with Crippen molar-refractivity contribution in [2.24, 2.45) is 4.99 Å². The Morgan fingerprint density at radius 2 is 1.81 bits per heavy atom. The number of fused-ring (bicyclic) bond motifs is 1. The molecule has 0 amide bonds. The van der Waals surface area contributed by atoms with E-state index < -0.39 is 11.7 Å². The van der Waals surface area contributed by atoms with Crippen LogP contribution in [-0.2, 0) is 6.18 Å². The van der Waals surface area contributed by atoms with Crippen molar-refractivity contribution in [3.8, 4) is 0 Å². The molecule has 0 unspecified atom stereocenters. The third-order valence-electron chi connectivity index (χ3n) is 4.11. The zero-order chi connectivity index (χ0) is 18.9. The Balaban J connectivity index is 1.98. The summed E-state index contributed by atoms with van der Waals surface area (Å²) in [5.41, 5.74) is 1.96. The zero-order valence-corrected chi connectivity index (χ0v) is 15.3. The SMILES string of the molecule is CN1CCN=C(/C=C/c2ccc(Cl)c(Cl)c2)c2ccc(C(F)(F)F)cc21. The summed E-state index contributed by atoms with van der Waals surface area (Å²) < 4.78 is 39.1. The number of nitrogens with zero attached hydrogens (tertiary/aromatic N) is 2. The van der Waals surface area contributed by atoms with Gasteiger partial charge >= 0.3 is 6.18 Å².